The van der Waals surface area contributed by atoms with Crippen molar-refractivity contribution >= 4 is 17.6 Å². The molecule has 0 fully saturated rings. The summed E-state index contributed by atoms with van der Waals surface area (Å²) in [5, 5.41) is 11.6. The first kappa shape index (κ1) is 16.0. The van der Waals surface area contributed by atoms with Crippen molar-refractivity contribution in [2.24, 2.45) is 0 Å². The molecule has 0 saturated heterocycles. The average molecular weight is 278 g/mol. The highest BCUT2D eigenvalue weighted by atomic mass is 16.4. The highest BCUT2D eigenvalue weighted by molar-refractivity contribution is 5.83. The van der Waals surface area contributed by atoms with Crippen molar-refractivity contribution in [3.05, 3.63) is 29.8 Å². The van der Waals surface area contributed by atoms with E-state index in [-0.39, 0.29) is 12.3 Å². The van der Waals surface area contributed by atoms with E-state index >= 15 is 0 Å². The Balaban J connectivity index is 2.46. The number of carbonyl (C=O) groups excluding carboxylic acids is 1. The fraction of sp³-hybridized carbons (Fsp3) is 0.467. The lowest BCUT2D eigenvalue weighted by Gasteiger charge is -2.14. The van der Waals surface area contributed by atoms with Gasteiger partial charge in [-0.1, -0.05) is 38.0 Å². The minimum absolute atomic E-state index is 0.240. The summed E-state index contributed by atoms with van der Waals surface area (Å²) in [6.45, 7) is 1.99. The van der Waals surface area contributed by atoms with Crippen LogP contribution >= 0.6 is 0 Å². The van der Waals surface area contributed by atoms with Crippen molar-refractivity contribution in [3.8, 4) is 0 Å². The molecule has 0 aromatic heterocycles. The molecular weight excluding hydrogens is 256 g/mol. The lowest BCUT2D eigenvalue weighted by Crippen LogP contribution is -2.40. The molecule has 1 rings (SSSR count). The normalized spacial score (nSPS) is 11.8. The van der Waals surface area contributed by atoms with Crippen LogP contribution in [0.4, 0.5) is 5.69 Å². The first-order chi connectivity index (χ1) is 9.54. The number of anilines is 1. The summed E-state index contributed by atoms with van der Waals surface area (Å²) < 4.78 is 0. The molecule has 20 heavy (non-hydrogen) atoms. The van der Waals surface area contributed by atoms with E-state index in [2.05, 4.69) is 5.32 Å². The minimum atomic E-state index is -0.981. The van der Waals surface area contributed by atoms with Crippen molar-refractivity contribution in [1.29, 1.82) is 0 Å². The molecular formula is C15H22N2O3. The summed E-state index contributed by atoms with van der Waals surface area (Å²) in [4.78, 5) is 22.8. The molecule has 0 heterocycles. The number of carboxylic acids is 1. The van der Waals surface area contributed by atoms with Crippen LogP contribution in [-0.2, 0) is 16.0 Å². The maximum atomic E-state index is 11.8. The number of aliphatic carboxylic acids is 1. The van der Waals surface area contributed by atoms with E-state index in [1.165, 1.54) is 0 Å². The molecule has 1 amide bonds. The predicted octanol–water partition coefficient (Wildman–Crippen LogP) is 1.96. The number of unbranched alkanes of at least 4 members (excludes halogenated alkanes) is 1. The average Bonchev–Trinajstić information content (AvgIpc) is 2.42. The summed E-state index contributed by atoms with van der Waals surface area (Å²) in [6, 6.07) is 6.56. The molecule has 5 heteroatoms. The van der Waals surface area contributed by atoms with Crippen molar-refractivity contribution in [1.82, 2.24) is 5.32 Å². The molecule has 0 saturated carbocycles. The second-order valence-corrected chi connectivity index (χ2v) is 4.80. The number of carbonyl (C=O) groups is 2. The first-order valence-corrected chi connectivity index (χ1v) is 6.90. The second-order valence-electron chi connectivity index (χ2n) is 4.80. The maximum absolute atomic E-state index is 11.8. The van der Waals surface area contributed by atoms with Gasteiger partial charge in [0.05, 0.1) is 0 Å². The summed E-state index contributed by atoms with van der Waals surface area (Å²) in [7, 11) is 0. The number of hydrogen-bond donors (Lipinski definition) is 3. The summed E-state index contributed by atoms with van der Waals surface area (Å²) in [5.41, 5.74) is 7.36. The predicted molar refractivity (Wildman–Crippen MR) is 78.3 cm³/mol. The zero-order chi connectivity index (χ0) is 15.0. The van der Waals surface area contributed by atoms with Crippen molar-refractivity contribution in [2.45, 2.75) is 45.1 Å². The van der Waals surface area contributed by atoms with Crippen LogP contribution in [-0.4, -0.2) is 23.0 Å². The highest BCUT2D eigenvalue weighted by Crippen LogP contribution is 2.12. The van der Waals surface area contributed by atoms with Gasteiger partial charge in [-0.2, -0.15) is 0 Å². The molecule has 0 aliphatic heterocycles. The Morgan fingerprint density at radius 1 is 1.35 bits per heavy atom. The molecule has 1 atom stereocenters. The molecule has 0 bridgehead atoms. The number of amides is 1. The van der Waals surface area contributed by atoms with Crippen molar-refractivity contribution in [2.75, 3.05) is 5.73 Å². The fourth-order valence-electron chi connectivity index (χ4n) is 1.94. The zero-order valence-corrected chi connectivity index (χ0v) is 11.8. The highest BCUT2D eigenvalue weighted by Gasteiger charge is 2.18. The number of nitrogen functional groups attached to an aromatic ring is 1. The Morgan fingerprint density at radius 2 is 2.05 bits per heavy atom. The molecule has 0 radical (unpaired) electrons. The van der Waals surface area contributed by atoms with Gasteiger partial charge in [-0.25, -0.2) is 4.79 Å². The van der Waals surface area contributed by atoms with Crippen LogP contribution in [0.3, 0.4) is 0 Å². The van der Waals surface area contributed by atoms with Gasteiger partial charge in [0, 0.05) is 12.1 Å². The minimum Gasteiger partial charge on any atom is -0.480 e. The summed E-state index contributed by atoms with van der Waals surface area (Å²) >= 11 is 0. The molecule has 5 nitrogen and oxygen atoms in total. The number of hydrogen-bond acceptors (Lipinski definition) is 3. The standard InChI is InChI=1S/C15H22N2O3/c1-2-3-8-13(15(19)20)17-14(18)10-9-11-6-4-5-7-12(11)16/h4-7,13H,2-3,8-10,16H2,1H3,(H,17,18)(H,19,20). The topological polar surface area (TPSA) is 92.4 Å². The third-order valence-corrected chi connectivity index (χ3v) is 3.16. The van der Waals surface area contributed by atoms with Crippen LogP contribution in [0, 0.1) is 0 Å². The molecule has 0 aliphatic rings. The van der Waals surface area contributed by atoms with Crippen LogP contribution < -0.4 is 11.1 Å². The van der Waals surface area contributed by atoms with Gasteiger partial charge in [-0.15, -0.1) is 0 Å². The molecule has 0 spiro atoms. The number of rotatable bonds is 8. The van der Waals surface area contributed by atoms with Crippen LogP contribution in [0.1, 0.15) is 38.2 Å². The number of nitrogens with one attached hydrogen (secondary N) is 1. The molecule has 1 aromatic rings. The number of para-hydroxylation sites is 1. The maximum Gasteiger partial charge on any atom is 0.326 e. The molecule has 110 valence electrons. The van der Waals surface area contributed by atoms with E-state index in [0.29, 0.717) is 18.5 Å². The first-order valence-electron chi connectivity index (χ1n) is 6.90. The van der Waals surface area contributed by atoms with Crippen LogP contribution in [0.15, 0.2) is 24.3 Å². The Kier molecular flexibility index (Phi) is 6.56. The number of aryl methyl sites for hydroxylation is 1. The number of benzene rings is 1. The monoisotopic (exact) mass is 278 g/mol. The number of carboxylic acid groups (broad SMARTS) is 1. The summed E-state index contributed by atoms with van der Waals surface area (Å²) in [5.74, 6) is -1.23. The Bertz CT molecular complexity index is 460. The Labute approximate surface area is 119 Å². The van der Waals surface area contributed by atoms with Crippen LogP contribution in [0.5, 0.6) is 0 Å². The van der Waals surface area contributed by atoms with Gasteiger partial charge in [-0.05, 0) is 24.5 Å². The zero-order valence-electron chi connectivity index (χ0n) is 11.8. The van der Waals surface area contributed by atoms with Gasteiger partial charge >= 0.3 is 5.97 Å². The number of nitrogens with two attached hydrogens (primary N) is 1. The van der Waals surface area contributed by atoms with Gasteiger partial charge in [-0.3, -0.25) is 4.79 Å². The van der Waals surface area contributed by atoms with Crippen LogP contribution in [0.2, 0.25) is 0 Å². The molecule has 1 aromatic carbocycles. The smallest absolute Gasteiger partial charge is 0.326 e. The third kappa shape index (κ3) is 5.30. The lowest BCUT2D eigenvalue weighted by atomic mass is 10.1. The molecule has 0 aliphatic carbocycles. The van der Waals surface area contributed by atoms with Gasteiger partial charge in [0.1, 0.15) is 6.04 Å². The second kappa shape index (κ2) is 8.19. The van der Waals surface area contributed by atoms with Crippen molar-refractivity contribution in [3.63, 3.8) is 0 Å². The molecule has 4 N–H and O–H groups in total. The van der Waals surface area contributed by atoms with Gasteiger partial charge in [0.2, 0.25) is 5.91 Å². The van der Waals surface area contributed by atoms with E-state index in [1.54, 1.807) is 6.07 Å². The van der Waals surface area contributed by atoms with E-state index in [0.717, 1.165) is 18.4 Å². The fourth-order valence-corrected chi connectivity index (χ4v) is 1.94. The van der Waals surface area contributed by atoms with Crippen molar-refractivity contribution < 1.29 is 14.7 Å². The summed E-state index contributed by atoms with van der Waals surface area (Å²) in [6.07, 6.45) is 2.90. The largest absolute Gasteiger partial charge is 0.480 e. The van der Waals surface area contributed by atoms with E-state index in [1.807, 2.05) is 25.1 Å². The van der Waals surface area contributed by atoms with Crippen LogP contribution in [0.25, 0.3) is 0 Å². The Hall–Kier alpha value is -2.04. The lowest BCUT2D eigenvalue weighted by molar-refractivity contribution is -0.142. The SMILES string of the molecule is CCCCC(NC(=O)CCc1ccccc1N)C(=O)O. The van der Waals surface area contributed by atoms with Gasteiger partial charge in [0.15, 0.2) is 0 Å². The quantitative estimate of drug-likeness (QED) is 0.634. The van der Waals surface area contributed by atoms with Gasteiger partial charge in [0.25, 0.3) is 0 Å². The third-order valence-electron chi connectivity index (χ3n) is 3.16. The van der Waals surface area contributed by atoms with E-state index in [9.17, 15) is 9.59 Å². The van der Waals surface area contributed by atoms with E-state index in [4.69, 9.17) is 10.8 Å². The Morgan fingerprint density at radius 3 is 2.65 bits per heavy atom. The van der Waals surface area contributed by atoms with Gasteiger partial charge < -0.3 is 16.2 Å². The molecule has 1 unspecified atom stereocenters. The van der Waals surface area contributed by atoms with E-state index < -0.39 is 12.0 Å².